The van der Waals surface area contributed by atoms with E-state index in [1.165, 1.54) is 0 Å². The molecule has 0 aliphatic rings. The Morgan fingerprint density at radius 2 is 2.18 bits per heavy atom. The van der Waals surface area contributed by atoms with Crippen LogP contribution in [0.25, 0.3) is 0 Å². The minimum atomic E-state index is 0.411. The highest BCUT2D eigenvalue weighted by Crippen LogP contribution is 2.22. The number of nitrogens with zero attached hydrogens (tertiary/aromatic N) is 2. The fourth-order valence-electron chi connectivity index (χ4n) is 0.606. The predicted octanol–water partition coefficient (Wildman–Crippen LogP) is 2.79. The molecule has 0 bridgehead atoms. The largest absolute Gasteiger partial charge is 0.230 e. The van der Waals surface area contributed by atoms with Crippen LogP contribution in [0, 0.1) is 18.3 Å². The number of hydrogen-bond donors (Lipinski definition) is 0. The smallest absolute Gasteiger partial charge is 0.142 e. The fourth-order valence-corrected chi connectivity index (χ4v) is 1.68. The molecule has 1 rings (SSSR count). The Hall–Kier alpha value is -0.400. The first kappa shape index (κ1) is 8.69. The van der Waals surface area contributed by atoms with Gasteiger partial charge in [-0.15, -0.1) is 0 Å². The molecular formula is C7H4Br2N2. The predicted molar refractivity (Wildman–Crippen MR) is 49.1 cm³/mol. The van der Waals surface area contributed by atoms with Gasteiger partial charge in [-0.3, -0.25) is 0 Å². The summed E-state index contributed by atoms with van der Waals surface area (Å²) in [6.07, 6.45) is 0. The third-order valence-corrected chi connectivity index (χ3v) is 2.86. The number of rotatable bonds is 0. The summed E-state index contributed by atoms with van der Waals surface area (Å²) in [4.78, 5) is 3.98. The van der Waals surface area contributed by atoms with Crippen molar-refractivity contribution in [3.63, 3.8) is 0 Å². The molecule has 0 spiro atoms. The molecule has 0 saturated carbocycles. The molecule has 0 saturated heterocycles. The Labute approximate surface area is 81.5 Å². The molecule has 0 aliphatic heterocycles. The summed E-state index contributed by atoms with van der Waals surface area (Å²) < 4.78 is 1.61. The van der Waals surface area contributed by atoms with E-state index in [1.54, 1.807) is 6.07 Å². The molecule has 0 unspecified atom stereocenters. The molecule has 0 radical (unpaired) electrons. The van der Waals surface area contributed by atoms with E-state index in [-0.39, 0.29) is 0 Å². The van der Waals surface area contributed by atoms with Gasteiger partial charge in [-0.1, -0.05) is 15.9 Å². The third-order valence-electron chi connectivity index (χ3n) is 1.26. The SMILES string of the molecule is Cc1c(Br)cc(C#N)nc1Br. The average Bonchev–Trinajstić information content (AvgIpc) is 1.99. The van der Waals surface area contributed by atoms with Gasteiger partial charge in [-0.25, -0.2) is 4.98 Å². The van der Waals surface area contributed by atoms with Crippen LogP contribution in [0.15, 0.2) is 15.1 Å². The number of halogens is 2. The van der Waals surface area contributed by atoms with Crippen LogP contribution in [0.2, 0.25) is 0 Å². The van der Waals surface area contributed by atoms with Gasteiger partial charge in [-0.05, 0) is 34.5 Å². The zero-order chi connectivity index (χ0) is 8.43. The first-order valence-corrected chi connectivity index (χ1v) is 4.46. The zero-order valence-corrected chi connectivity index (χ0v) is 8.90. The Bertz CT molecular complexity index is 305. The van der Waals surface area contributed by atoms with Crippen LogP contribution in [-0.4, -0.2) is 4.98 Å². The zero-order valence-electron chi connectivity index (χ0n) is 5.73. The summed E-state index contributed by atoms with van der Waals surface area (Å²) in [5, 5.41) is 8.52. The molecule has 0 aromatic carbocycles. The van der Waals surface area contributed by atoms with E-state index in [0.717, 1.165) is 10.0 Å². The second-order valence-electron chi connectivity index (χ2n) is 2.02. The van der Waals surface area contributed by atoms with Gasteiger partial charge in [0, 0.05) is 4.47 Å². The number of nitriles is 1. The van der Waals surface area contributed by atoms with Crippen LogP contribution >= 0.6 is 31.9 Å². The maximum atomic E-state index is 8.52. The van der Waals surface area contributed by atoms with Crippen molar-refractivity contribution in [1.82, 2.24) is 4.98 Å². The van der Waals surface area contributed by atoms with Gasteiger partial charge >= 0.3 is 0 Å². The van der Waals surface area contributed by atoms with E-state index >= 15 is 0 Å². The fraction of sp³-hybridized carbons (Fsp3) is 0.143. The van der Waals surface area contributed by atoms with E-state index in [9.17, 15) is 0 Å². The van der Waals surface area contributed by atoms with Gasteiger partial charge in [-0.2, -0.15) is 5.26 Å². The second kappa shape index (κ2) is 3.33. The van der Waals surface area contributed by atoms with Crippen molar-refractivity contribution in [3.05, 3.63) is 26.4 Å². The summed E-state index contributed by atoms with van der Waals surface area (Å²) in [5.74, 6) is 0. The van der Waals surface area contributed by atoms with Crippen LogP contribution in [-0.2, 0) is 0 Å². The van der Waals surface area contributed by atoms with Crippen molar-refractivity contribution in [2.75, 3.05) is 0 Å². The molecule has 0 amide bonds. The normalized spacial score (nSPS) is 9.27. The Morgan fingerprint density at radius 3 is 2.64 bits per heavy atom. The molecule has 4 heteroatoms. The quantitative estimate of drug-likeness (QED) is 0.683. The molecule has 0 aliphatic carbocycles. The van der Waals surface area contributed by atoms with E-state index < -0.39 is 0 Å². The highest BCUT2D eigenvalue weighted by molar-refractivity contribution is 9.11. The first-order valence-electron chi connectivity index (χ1n) is 2.88. The van der Waals surface area contributed by atoms with E-state index in [1.807, 2.05) is 13.0 Å². The lowest BCUT2D eigenvalue weighted by Crippen LogP contribution is -1.87. The molecule has 56 valence electrons. The summed E-state index contributed by atoms with van der Waals surface area (Å²) in [5.41, 5.74) is 1.42. The highest BCUT2D eigenvalue weighted by atomic mass is 79.9. The van der Waals surface area contributed by atoms with Crippen molar-refractivity contribution in [2.45, 2.75) is 6.92 Å². The maximum absolute atomic E-state index is 8.52. The van der Waals surface area contributed by atoms with Crippen molar-refractivity contribution < 1.29 is 0 Å². The summed E-state index contributed by atoms with van der Waals surface area (Å²) in [6, 6.07) is 3.66. The molecule has 2 nitrogen and oxygen atoms in total. The lowest BCUT2D eigenvalue weighted by Gasteiger charge is -1.99. The minimum absolute atomic E-state index is 0.411. The summed E-state index contributed by atoms with van der Waals surface area (Å²) in [7, 11) is 0. The molecule has 0 N–H and O–H groups in total. The first-order chi connectivity index (χ1) is 5.15. The standard InChI is InChI=1S/C7H4Br2N2/c1-4-6(8)2-5(3-10)11-7(4)9/h2H,1H3. The van der Waals surface area contributed by atoms with Crippen LogP contribution in [0.4, 0.5) is 0 Å². The molecule has 0 atom stereocenters. The Morgan fingerprint density at radius 1 is 1.55 bits per heavy atom. The summed E-state index contributed by atoms with van der Waals surface area (Å²) >= 11 is 6.56. The van der Waals surface area contributed by atoms with Crippen molar-refractivity contribution in [3.8, 4) is 6.07 Å². The molecule has 1 aromatic rings. The third kappa shape index (κ3) is 1.79. The maximum Gasteiger partial charge on any atom is 0.142 e. The molecule has 1 aromatic heterocycles. The highest BCUT2D eigenvalue weighted by Gasteiger charge is 2.03. The van der Waals surface area contributed by atoms with Gasteiger partial charge < -0.3 is 0 Å². The average molecular weight is 276 g/mol. The van der Waals surface area contributed by atoms with Crippen LogP contribution in [0.3, 0.4) is 0 Å². The van der Waals surface area contributed by atoms with Crippen LogP contribution in [0.1, 0.15) is 11.3 Å². The number of aromatic nitrogens is 1. The van der Waals surface area contributed by atoms with Gasteiger partial charge in [0.1, 0.15) is 16.4 Å². The minimum Gasteiger partial charge on any atom is -0.230 e. The van der Waals surface area contributed by atoms with Crippen molar-refractivity contribution in [2.24, 2.45) is 0 Å². The summed E-state index contributed by atoms with van der Waals surface area (Å²) in [6.45, 7) is 1.92. The monoisotopic (exact) mass is 274 g/mol. The molecule has 11 heavy (non-hydrogen) atoms. The van der Waals surface area contributed by atoms with Gasteiger partial charge in [0.15, 0.2) is 0 Å². The number of hydrogen-bond acceptors (Lipinski definition) is 2. The van der Waals surface area contributed by atoms with Gasteiger partial charge in [0.05, 0.1) is 0 Å². The molecule has 1 heterocycles. The Kier molecular flexibility index (Phi) is 2.63. The number of pyridine rings is 1. The van der Waals surface area contributed by atoms with Crippen molar-refractivity contribution in [1.29, 1.82) is 5.26 Å². The van der Waals surface area contributed by atoms with Gasteiger partial charge in [0.25, 0.3) is 0 Å². The van der Waals surface area contributed by atoms with E-state index in [2.05, 4.69) is 36.8 Å². The Balaban J connectivity index is 3.35. The molecule has 0 fully saturated rings. The lowest BCUT2D eigenvalue weighted by molar-refractivity contribution is 1.16. The van der Waals surface area contributed by atoms with E-state index in [0.29, 0.717) is 10.3 Å². The van der Waals surface area contributed by atoms with E-state index in [4.69, 9.17) is 5.26 Å². The van der Waals surface area contributed by atoms with Crippen LogP contribution < -0.4 is 0 Å². The van der Waals surface area contributed by atoms with Crippen molar-refractivity contribution >= 4 is 31.9 Å². The lowest BCUT2D eigenvalue weighted by atomic mass is 10.3. The van der Waals surface area contributed by atoms with Gasteiger partial charge in [0.2, 0.25) is 0 Å². The second-order valence-corrected chi connectivity index (χ2v) is 3.62. The van der Waals surface area contributed by atoms with Crippen LogP contribution in [0.5, 0.6) is 0 Å². The molecular weight excluding hydrogens is 272 g/mol. The topological polar surface area (TPSA) is 36.7 Å².